The quantitative estimate of drug-likeness (QED) is 0.208. The van der Waals surface area contributed by atoms with Crippen molar-refractivity contribution >= 4 is 23.1 Å². The molecule has 0 saturated carbocycles. The number of anilines is 1. The largest absolute Gasteiger partial charge is 0.409 e. The summed E-state index contributed by atoms with van der Waals surface area (Å²) in [7, 11) is 0. The van der Waals surface area contributed by atoms with Crippen molar-refractivity contribution in [3.05, 3.63) is 82.1 Å². The Balaban J connectivity index is 1.55. The van der Waals surface area contributed by atoms with E-state index in [1.807, 2.05) is 30.3 Å². The van der Waals surface area contributed by atoms with Gasteiger partial charge in [-0.1, -0.05) is 52.2 Å². The van der Waals surface area contributed by atoms with Crippen LogP contribution < -0.4 is 5.32 Å². The van der Waals surface area contributed by atoms with E-state index < -0.39 is 5.82 Å². The normalized spacial score (nSPS) is 11.6. The zero-order valence-electron chi connectivity index (χ0n) is 15.3. The van der Waals surface area contributed by atoms with Gasteiger partial charge in [0.1, 0.15) is 11.5 Å². The summed E-state index contributed by atoms with van der Waals surface area (Å²) in [5, 5.41) is 34.8. The number of nitrogens with one attached hydrogen (secondary N) is 1. The van der Waals surface area contributed by atoms with Gasteiger partial charge in [0, 0.05) is 12.1 Å². The Labute approximate surface area is 173 Å². The number of aromatic nitrogens is 6. The van der Waals surface area contributed by atoms with Crippen LogP contribution in [0, 0.1) is 5.82 Å². The number of hydrogen-bond donors (Lipinski definition) is 2. The first-order valence-electron chi connectivity index (χ1n) is 8.69. The van der Waals surface area contributed by atoms with Gasteiger partial charge in [-0.25, -0.2) is 13.7 Å². The third kappa shape index (κ3) is 4.25. The highest BCUT2D eigenvalue weighted by Gasteiger charge is 2.20. The molecule has 152 valence electrons. The summed E-state index contributed by atoms with van der Waals surface area (Å²) in [6.45, 7) is 0.124. The molecule has 0 aliphatic carbocycles. The van der Waals surface area contributed by atoms with Crippen molar-refractivity contribution in [1.29, 1.82) is 0 Å². The van der Waals surface area contributed by atoms with Crippen LogP contribution >= 0.6 is 11.6 Å². The second kappa shape index (κ2) is 8.66. The summed E-state index contributed by atoms with van der Waals surface area (Å²) in [4.78, 5) is 0. The molecule has 0 amide bonds. The maximum Gasteiger partial charge on any atom is 0.201 e. The minimum Gasteiger partial charge on any atom is -0.409 e. The van der Waals surface area contributed by atoms with Crippen LogP contribution in [0.15, 0.2) is 58.3 Å². The van der Waals surface area contributed by atoms with Crippen molar-refractivity contribution < 1.29 is 14.2 Å². The maximum atomic E-state index is 13.4. The second-order valence-electron chi connectivity index (χ2n) is 6.18. The summed E-state index contributed by atoms with van der Waals surface area (Å²) in [5.41, 5.74) is 1.89. The summed E-state index contributed by atoms with van der Waals surface area (Å²) in [6.07, 6.45) is 0.516. The Morgan fingerprint density at radius 2 is 2.03 bits per heavy atom. The van der Waals surface area contributed by atoms with E-state index >= 15 is 0 Å². The minimum atomic E-state index is -0.571. The lowest BCUT2D eigenvalue weighted by Gasteiger charge is -2.08. The van der Waals surface area contributed by atoms with Crippen molar-refractivity contribution in [2.45, 2.75) is 13.0 Å². The molecule has 0 unspecified atom stereocenters. The van der Waals surface area contributed by atoms with Gasteiger partial charge in [-0.2, -0.15) is 0 Å². The van der Waals surface area contributed by atoms with Crippen LogP contribution in [-0.4, -0.2) is 41.6 Å². The zero-order valence-corrected chi connectivity index (χ0v) is 16.0. The number of tetrazole rings is 1. The molecule has 2 aromatic carbocycles. The van der Waals surface area contributed by atoms with Crippen LogP contribution in [0.3, 0.4) is 0 Å². The van der Waals surface area contributed by atoms with Crippen LogP contribution in [0.25, 0.3) is 0 Å². The van der Waals surface area contributed by atoms with Crippen molar-refractivity contribution in [2.24, 2.45) is 5.16 Å². The average Bonchev–Trinajstić information content (AvgIpc) is 3.40. The molecule has 12 heteroatoms. The molecule has 4 aromatic rings. The standard InChI is InChI=1S/C18H14ClFN8O2/c19-13-9-12(6-7-14(13)20)21-18(23-29)17-15(24-30-25-17)10-28-16(22-26-27-28)8-11-4-2-1-3-5-11/h1-7,9,29H,8,10H2,(H,21,23). The highest BCUT2D eigenvalue weighted by molar-refractivity contribution is 6.31. The van der Waals surface area contributed by atoms with Gasteiger partial charge >= 0.3 is 0 Å². The molecular weight excluding hydrogens is 415 g/mol. The summed E-state index contributed by atoms with van der Waals surface area (Å²) < 4.78 is 19.7. The number of hydrogen-bond acceptors (Lipinski definition) is 8. The van der Waals surface area contributed by atoms with Gasteiger partial charge in [-0.3, -0.25) is 0 Å². The first-order chi connectivity index (χ1) is 14.6. The summed E-state index contributed by atoms with van der Waals surface area (Å²) in [5.74, 6) is -0.0272. The molecule has 0 aliphatic rings. The van der Waals surface area contributed by atoms with Crippen LogP contribution in [0.5, 0.6) is 0 Å². The van der Waals surface area contributed by atoms with Gasteiger partial charge in [0.2, 0.25) is 5.84 Å². The van der Waals surface area contributed by atoms with E-state index in [0.29, 0.717) is 23.6 Å². The highest BCUT2D eigenvalue weighted by Crippen LogP contribution is 2.20. The van der Waals surface area contributed by atoms with Gasteiger partial charge in [-0.05, 0) is 39.3 Å². The lowest BCUT2D eigenvalue weighted by atomic mass is 10.1. The first kappa shape index (κ1) is 19.5. The molecule has 2 aromatic heterocycles. The number of rotatable bonds is 6. The molecule has 10 nitrogen and oxygen atoms in total. The van der Waals surface area contributed by atoms with E-state index in [1.165, 1.54) is 18.2 Å². The lowest BCUT2D eigenvalue weighted by molar-refractivity contribution is 0.299. The molecule has 0 fully saturated rings. The SMILES string of the molecule is O/N=C(\Nc1ccc(F)c(Cl)c1)c1nonc1Cn1nnnc1Cc1ccccc1. The van der Waals surface area contributed by atoms with Crippen LogP contribution in [0.4, 0.5) is 10.1 Å². The van der Waals surface area contributed by atoms with Crippen molar-refractivity contribution in [2.75, 3.05) is 5.32 Å². The van der Waals surface area contributed by atoms with Gasteiger partial charge in [0.25, 0.3) is 0 Å². The van der Waals surface area contributed by atoms with E-state index in [-0.39, 0.29) is 23.1 Å². The Kier molecular flexibility index (Phi) is 5.61. The number of nitrogens with zero attached hydrogens (tertiary/aromatic N) is 7. The molecule has 0 saturated heterocycles. The zero-order chi connectivity index (χ0) is 20.9. The third-order valence-electron chi connectivity index (χ3n) is 4.17. The summed E-state index contributed by atoms with van der Waals surface area (Å²) in [6, 6.07) is 13.7. The topological polar surface area (TPSA) is 127 Å². The van der Waals surface area contributed by atoms with Crippen molar-refractivity contribution in [1.82, 2.24) is 30.5 Å². The molecule has 0 bridgehead atoms. The predicted octanol–water partition coefficient (Wildman–Crippen LogP) is 2.74. The molecular formula is C18H14ClFN8O2. The predicted molar refractivity (Wildman–Crippen MR) is 104 cm³/mol. The fourth-order valence-electron chi connectivity index (χ4n) is 2.73. The van der Waals surface area contributed by atoms with E-state index in [2.05, 4.69) is 36.3 Å². The third-order valence-corrected chi connectivity index (χ3v) is 4.46. The second-order valence-corrected chi connectivity index (χ2v) is 6.58. The van der Waals surface area contributed by atoms with Crippen molar-refractivity contribution in [3.63, 3.8) is 0 Å². The maximum absolute atomic E-state index is 13.4. The monoisotopic (exact) mass is 428 g/mol. The summed E-state index contributed by atoms with van der Waals surface area (Å²) >= 11 is 5.79. The lowest BCUT2D eigenvalue weighted by Crippen LogP contribution is -2.18. The molecule has 4 rings (SSSR count). The molecule has 2 heterocycles. The minimum absolute atomic E-state index is 0.0633. The Hall–Kier alpha value is -3.86. The fourth-order valence-corrected chi connectivity index (χ4v) is 2.91. The molecule has 30 heavy (non-hydrogen) atoms. The van der Waals surface area contributed by atoms with Crippen molar-refractivity contribution in [3.8, 4) is 0 Å². The van der Waals surface area contributed by atoms with Gasteiger partial charge in [-0.15, -0.1) is 5.10 Å². The Morgan fingerprint density at radius 1 is 1.20 bits per heavy atom. The number of halogens is 2. The van der Waals surface area contributed by atoms with E-state index in [4.69, 9.17) is 16.2 Å². The first-order valence-corrected chi connectivity index (χ1v) is 9.06. The molecule has 0 atom stereocenters. The van der Waals surface area contributed by atoms with Gasteiger partial charge < -0.3 is 10.5 Å². The van der Waals surface area contributed by atoms with Crippen LogP contribution in [-0.2, 0) is 13.0 Å². The molecule has 0 aliphatic heterocycles. The van der Waals surface area contributed by atoms with Crippen LogP contribution in [0.1, 0.15) is 22.8 Å². The van der Waals surface area contributed by atoms with E-state index in [9.17, 15) is 9.60 Å². The Morgan fingerprint density at radius 3 is 2.80 bits per heavy atom. The number of amidine groups is 1. The average molecular weight is 429 g/mol. The van der Waals surface area contributed by atoms with Crippen LogP contribution in [0.2, 0.25) is 5.02 Å². The van der Waals surface area contributed by atoms with E-state index in [1.54, 1.807) is 4.68 Å². The number of oxime groups is 1. The Bertz CT molecular complexity index is 1180. The smallest absolute Gasteiger partial charge is 0.201 e. The van der Waals surface area contributed by atoms with Gasteiger partial charge in [0.15, 0.2) is 11.5 Å². The molecule has 2 N–H and O–H groups in total. The van der Waals surface area contributed by atoms with Gasteiger partial charge in [0.05, 0.1) is 11.6 Å². The molecule has 0 radical (unpaired) electrons. The fraction of sp³-hybridized carbons (Fsp3) is 0.111. The molecule has 0 spiro atoms. The number of benzene rings is 2. The highest BCUT2D eigenvalue weighted by atomic mass is 35.5. The van der Waals surface area contributed by atoms with E-state index in [0.717, 1.165) is 5.56 Å².